The van der Waals surface area contributed by atoms with E-state index in [-0.39, 0.29) is 5.78 Å². The van der Waals surface area contributed by atoms with Gasteiger partial charge in [0.25, 0.3) is 0 Å². The second kappa shape index (κ2) is 5.67. The zero-order valence-electron chi connectivity index (χ0n) is 11.6. The van der Waals surface area contributed by atoms with Crippen molar-refractivity contribution in [2.24, 2.45) is 0 Å². The average molecular weight is 278 g/mol. The monoisotopic (exact) mass is 278 g/mol. The van der Waals surface area contributed by atoms with E-state index in [4.69, 9.17) is 9.15 Å². The molecular formula is C18H14O3. The first-order chi connectivity index (χ1) is 10.3. The SMILES string of the molecule is COc1ccc(/C=C/C(=O)c2ccco2)c2ccccc12. The van der Waals surface area contributed by atoms with Crippen LogP contribution in [0.3, 0.4) is 0 Å². The molecule has 1 heterocycles. The van der Waals surface area contributed by atoms with Gasteiger partial charge in [-0.2, -0.15) is 0 Å². The fraction of sp³-hybridized carbons (Fsp3) is 0.0556. The number of carbonyl (C=O) groups excluding carboxylic acids is 1. The van der Waals surface area contributed by atoms with E-state index < -0.39 is 0 Å². The number of carbonyl (C=O) groups is 1. The first kappa shape index (κ1) is 13.2. The first-order valence-electron chi connectivity index (χ1n) is 6.61. The number of ether oxygens (including phenoxy) is 1. The molecule has 0 N–H and O–H groups in total. The second-order valence-corrected chi connectivity index (χ2v) is 4.58. The largest absolute Gasteiger partial charge is 0.496 e. The van der Waals surface area contributed by atoms with Crippen LogP contribution in [0.1, 0.15) is 16.1 Å². The molecule has 0 saturated heterocycles. The van der Waals surface area contributed by atoms with E-state index in [9.17, 15) is 4.79 Å². The van der Waals surface area contributed by atoms with E-state index in [0.717, 1.165) is 22.1 Å². The van der Waals surface area contributed by atoms with Crippen molar-refractivity contribution in [1.29, 1.82) is 0 Å². The Morgan fingerprint density at radius 1 is 1.05 bits per heavy atom. The highest BCUT2D eigenvalue weighted by molar-refractivity contribution is 6.06. The smallest absolute Gasteiger partial charge is 0.221 e. The molecule has 0 fully saturated rings. The Kier molecular flexibility index (Phi) is 3.56. The van der Waals surface area contributed by atoms with Crippen LogP contribution in [0.2, 0.25) is 0 Å². The van der Waals surface area contributed by atoms with Gasteiger partial charge in [0.1, 0.15) is 5.75 Å². The Morgan fingerprint density at radius 3 is 2.57 bits per heavy atom. The maximum absolute atomic E-state index is 11.9. The van der Waals surface area contributed by atoms with Crippen LogP contribution < -0.4 is 4.74 Å². The molecule has 3 rings (SSSR count). The minimum absolute atomic E-state index is 0.153. The quantitative estimate of drug-likeness (QED) is 0.526. The van der Waals surface area contributed by atoms with Crippen LogP contribution in [-0.4, -0.2) is 12.9 Å². The van der Waals surface area contributed by atoms with Crippen molar-refractivity contribution in [2.45, 2.75) is 0 Å². The summed E-state index contributed by atoms with van der Waals surface area (Å²) in [4.78, 5) is 11.9. The van der Waals surface area contributed by atoms with Gasteiger partial charge in [0, 0.05) is 5.39 Å². The van der Waals surface area contributed by atoms with E-state index >= 15 is 0 Å². The summed E-state index contributed by atoms with van der Waals surface area (Å²) in [5.74, 6) is 1.00. The van der Waals surface area contributed by atoms with Gasteiger partial charge in [-0.1, -0.05) is 36.4 Å². The number of benzene rings is 2. The summed E-state index contributed by atoms with van der Waals surface area (Å²) in [5, 5.41) is 2.06. The average Bonchev–Trinajstić information content (AvgIpc) is 3.06. The molecule has 0 radical (unpaired) electrons. The zero-order valence-corrected chi connectivity index (χ0v) is 11.6. The molecule has 0 unspecified atom stereocenters. The summed E-state index contributed by atoms with van der Waals surface area (Å²) in [5.41, 5.74) is 0.964. The van der Waals surface area contributed by atoms with Gasteiger partial charge in [0.15, 0.2) is 5.76 Å². The van der Waals surface area contributed by atoms with Crippen LogP contribution in [0.25, 0.3) is 16.8 Å². The molecule has 0 saturated carbocycles. The summed E-state index contributed by atoms with van der Waals surface area (Å²) in [6.45, 7) is 0. The Bertz CT molecular complexity index is 798. The van der Waals surface area contributed by atoms with Crippen LogP contribution in [0, 0.1) is 0 Å². The molecule has 3 nitrogen and oxygen atoms in total. The fourth-order valence-corrected chi connectivity index (χ4v) is 2.28. The molecule has 0 spiro atoms. The number of ketones is 1. The lowest BCUT2D eigenvalue weighted by molar-refractivity contribution is 0.102. The number of methoxy groups -OCH3 is 1. The third-order valence-electron chi connectivity index (χ3n) is 3.32. The van der Waals surface area contributed by atoms with Gasteiger partial charge in [-0.3, -0.25) is 4.79 Å². The third kappa shape index (κ3) is 2.58. The number of hydrogen-bond donors (Lipinski definition) is 0. The Labute approximate surface area is 122 Å². The molecule has 0 aliphatic rings. The molecule has 1 aromatic heterocycles. The maximum atomic E-state index is 11.9. The molecule has 0 aliphatic heterocycles. The van der Waals surface area contributed by atoms with Crippen molar-refractivity contribution < 1.29 is 13.9 Å². The highest BCUT2D eigenvalue weighted by Crippen LogP contribution is 2.29. The highest BCUT2D eigenvalue weighted by atomic mass is 16.5. The number of fused-ring (bicyclic) bond motifs is 1. The standard InChI is InChI=1S/C18H14O3/c1-20-17-11-9-13(14-5-2-3-6-15(14)17)8-10-16(19)18-7-4-12-21-18/h2-12H,1H3/b10-8+. The Hall–Kier alpha value is -2.81. The van der Waals surface area contributed by atoms with Crippen LogP contribution >= 0.6 is 0 Å². The van der Waals surface area contributed by atoms with Gasteiger partial charge < -0.3 is 9.15 Å². The predicted molar refractivity (Wildman–Crippen MR) is 82.6 cm³/mol. The molecule has 0 bridgehead atoms. The van der Waals surface area contributed by atoms with Crippen molar-refractivity contribution in [2.75, 3.05) is 7.11 Å². The lowest BCUT2D eigenvalue weighted by Crippen LogP contribution is -1.91. The Morgan fingerprint density at radius 2 is 1.86 bits per heavy atom. The van der Waals surface area contributed by atoms with E-state index in [1.54, 1.807) is 25.3 Å². The van der Waals surface area contributed by atoms with Gasteiger partial charge in [-0.15, -0.1) is 0 Å². The van der Waals surface area contributed by atoms with E-state index in [2.05, 4.69) is 0 Å². The van der Waals surface area contributed by atoms with Crippen molar-refractivity contribution in [3.63, 3.8) is 0 Å². The van der Waals surface area contributed by atoms with Crippen molar-refractivity contribution in [3.05, 3.63) is 72.2 Å². The highest BCUT2D eigenvalue weighted by Gasteiger charge is 2.06. The lowest BCUT2D eigenvalue weighted by atomic mass is 10.0. The summed E-state index contributed by atoms with van der Waals surface area (Å²) < 4.78 is 10.4. The molecule has 3 heteroatoms. The first-order valence-corrected chi connectivity index (χ1v) is 6.61. The van der Waals surface area contributed by atoms with Gasteiger partial charge in [-0.25, -0.2) is 0 Å². The molecule has 2 aromatic carbocycles. The lowest BCUT2D eigenvalue weighted by Gasteiger charge is -2.07. The summed E-state index contributed by atoms with van der Waals surface area (Å²) in [6, 6.07) is 15.1. The molecule has 104 valence electrons. The summed E-state index contributed by atoms with van der Waals surface area (Å²) in [7, 11) is 1.65. The van der Waals surface area contributed by atoms with Crippen molar-refractivity contribution in [3.8, 4) is 5.75 Å². The maximum Gasteiger partial charge on any atom is 0.221 e. The molecule has 21 heavy (non-hydrogen) atoms. The van der Waals surface area contributed by atoms with Gasteiger partial charge >= 0.3 is 0 Å². The summed E-state index contributed by atoms with van der Waals surface area (Å²) in [6.07, 6.45) is 4.81. The van der Waals surface area contributed by atoms with Crippen LogP contribution in [0.4, 0.5) is 0 Å². The molecule has 0 atom stereocenters. The van der Waals surface area contributed by atoms with Crippen LogP contribution in [-0.2, 0) is 0 Å². The fourth-order valence-electron chi connectivity index (χ4n) is 2.28. The van der Waals surface area contributed by atoms with Gasteiger partial charge in [0.05, 0.1) is 13.4 Å². The number of furan rings is 1. The Balaban J connectivity index is 2.00. The number of hydrogen-bond acceptors (Lipinski definition) is 3. The number of rotatable bonds is 4. The van der Waals surface area contributed by atoms with Crippen molar-refractivity contribution >= 4 is 22.6 Å². The molecule has 0 amide bonds. The minimum Gasteiger partial charge on any atom is -0.496 e. The van der Waals surface area contributed by atoms with Crippen LogP contribution in [0.5, 0.6) is 5.75 Å². The van der Waals surface area contributed by atoms with Crippen molar-refractivity contribution in [1.82, 2.24) is 0 Å². The number of allylic oxidation sites excluding steroid dienone is 1. The van der Waals surface area contributed by atoms with Crippen LogP contribution in [0.15, 0.2) is 65.3 Å². The van der Waals surface area contributed by atoms with E-state index in [1.807, 2.05) is 36.4 Å². The third-order valence-corrected chi connectivity index (χ3v) is 3.32. The minimum atomic E-state index is -0.153. The molecule has 3 aromatic rings. The normalized spacial score (nSPS) is 11.1. The topological polar surface area (TPSA) is 39.4 Å². The van der Waals surface area contributed by atoms with E-state index in [1.165, 1.54) is 12.3 Å². The van der Waals surface area contributed by atoms with Gasteiger partial charge in [0.2, 0.25) is 5.78 Å². The predicted octanol–water partition coefficient (Wildman–Crippen LogP) is 4.34. The molecule has 0 aliphatic carbocycles. The van der Waals surface area contributed by atoms with Gasteiger partial charge in [-0.05, 0) is 35.2 Å². The van der Waals surface area contributed by atoms with E-state index in [0.29, 0.717) is 5.76 Å². The molecular weight excluding hydrogens is 264 g/mol. The summed E-state index contributed by atoms with van der Waals surface area (Å²) >= 11 is 0. The second-order valence-electron chi connectivity index (χ2n) is 4.58. The zero-order chi connectivity index (χ0) is 14.7.